The molecule has 0 fully saturated rings. The highest BCUT2D eigenvalue weighted by atomic mass is 16.5. The van der Waals surface area contributed by atoms with Crippen LogP contribution < -0.4 is 5.32 Å². The molecule has 0 saturated heterocycles. The van der Waals surface area contributed by atoms with Crippen LogP contribution in [0.5, 0.6) is 0 Å². The van der Waals surface area contributed by atoms with Crippen molar-refractivity contribution in [2.75, 3.05) is 13.2 Å². The summed E-state index contributed by atoms with van der Waals surface area (Å²) in [4.78, 5) is 0. The summed E-state index contributed by atoms with van der Waals surface area (Å²) < 4.78 is 5.62. The van der Waals surface area contributed by atoms with Crippen molar-refractivity contribution in [3.8, 4) is 0 Å². The third kappa shape index (κ3) is 6.77. The first-order valence-corrected chi connectivity index (χ1v) is 6.94. The minimum atomic E-state index is 0.601. The Bertz CT molecular complexity index is 283. The van der Waals surface area contributed by atoms with Gasteiger partial charge in [0.2, 0.25) is 0 Å². The molecular formula is C16H27NO. The highest BCUT2D eigenvalue weighted by molar-refractivity contribution is 5.21. The molecule has 0 heterocycles. The molecule has 18 heavy (non-hydrogen) atoms. The normalized spacial score (nSPS) is 11.4. The van der Waals surface area contributed by atoms with Crippen LogP contribution >= 0.6 is 0 Å². The second-order valence-corrected chi connectivity index (χ2v) is 5.75. The van der Waals surface area contributed by atoms with Gasteiger partial charge in [-0.25, -0.2) is 0 Å². The average molecular weight is 249 g/mol. The number of ether oxygens (including phenoxy) is 1. The maximum absolute atomic E-state index is 5.62. The fraction of sp³-hybridized carbons (Fsp3) is 0.625. The van der Waals surface area contributed by atoms with Gasteiger partial charge in [-0.1, -0.05) is 52.0 Å². The average Bonchev–Trinajstić information content (AvgIpc) is 2.30. The van der Waals surface area contributed by atoms with Crippen molar-refractivity contribution < 1.29 is 4.74 Å². The van der Waals surface area contributed by atoms with Crippen LogP contribution in [-0.2, 0) is 17.9 Å². The van der Waals surface area contributed by atoms with Crippen molar-refractivity contribution in [2.24, 2.45) is 11.8 Å². The number of hydrogen-bond donors (Lipinski definition) is 1. The van der Waals surface area contributed by atoms with Crippen LogP contribution in [0.15, 0.2) is 24.3 Å². The van der Waals surface area contributed by atoms with E-state index in [1.54, 1.807) is 0 Å². The lowest BCUT2D eigenvalue weighted by molar-refractivity contribution is 0.0971. The van der Waals surface area contributed by atoms with Crippen molar-refractivity contribution in [3.05, 3.63) is 35.4 Å². The fourth-order valence-electron chi connectivity index (χ4n) is 1.67. The van der Waals surface area contributed by atoms with Gasteiger partial charge in [0.1, 0.15) is 0 Å². The van der Waals surface area contributed by atoms with Crippen molar-refractivity contribution >= 4 is 0 Å². The SMILES string of the molecule is CC(C)CNCc1ccc(COCC(C)C)cc1. The van der Waals surface area contributed by atoms with E-state index in [1.807, 2.05) is 0 Å². The Morgan fingerprint density at radius 3 is 2.11 bits per heavy atom. The van der Waals surface area contributed by atoms with Gasteiger partial charge in [-0.3, -0.25) is 0 Å². The zero-order chi connectivity index (χ0) is 13.4. The van der Waals surface area contributed by atoms with Gasteiger partial charge in [0.25, 0.3) is 0 Å². The van der Waals surface area contributed by atoms with Crippen molar-refractivity contribution in [1.29, 1.82) is 0 Å². The van der Waals surface area contributed by atoms with Gasteiger partial charge in [0.15, 0.2) is 0 Å². The van der Waals surface area contributed by atoms with Crippen LogP contribution in [-0.4, -0.2) is 13.2 Å². The van der Waals surface area contributed by atoms with E-state index < -0.39 is 0 Å². The zero-order valence-electron chi connectivity index (χ0n) is 12.2. The molecule has 1 N–H and O–H groups in total. The third-order valence-corrected chi connectivity index (χ3v) is 2.62. The van der Waals surface area contributed by atoms with Gasteiger partial charge in [0.05, 0.1) is 6.61 Å². The van der Waals surface area contributed by atoms with E-state index >= 15 is 0 Å². The Morgan fingerprint density at radius 2 is 1.56 bits per heavy atom. The van der Waals surface area contributed by atoms with Crippen LogP contribution in [0.2, 0.25) is 0 Å². The lowest BCUT2D eigenvalue weighted by Gasteiger charge is -2.09. The van der Waals surface area contributed by atoms with E-state index in [9.17, 15) is 0 Å². The van der Waals surface area contributed by atoms with Crippen LogP contribution in [0, 0.1) is 11.8 Å². The first-order chi connectivity index (χ1) is 8.58. The van der Waals surface area contributed by atoms with Crippen LogP contribution in [0.3, 0.4) is 0 Å². The van der Waals surface area contributed by atoms with Gasteiger partial charge in [-0.05, 0) is 29.5 Å². The van der Waals surface area contributed by atoms with Crippen LogP contribution in [0.4, 0.5) is 0 Å². The molecule has 0 aliphatic heterocycles. The molecule has 0 aromatic heterocycles. The molecule has 2 heteroatoms. The maximum Gasteiger partial charge on any atom is 0.0717 e. The summed E-state index contributed by atoms with van der Waals surface area (Å²) in [6.07, 6.45) is 0. The molecule has 1 aromatic rings. The predicted molar refractivity (Wildman–Crippen MR) is 77.5 cm³/mol. The second kappa shape index (κ2) is 8.28. The van der Waals surface area contributed by atoms with E-state index in [0.29, 0.717) is 11.8 Å². The molecule has 1 aromatic carbocycles. The highest BCUT2D eigenvalue weighted by Gasteiger charge is 1.98. The Kier molecular flexibility index (Phi) is 6.99. The smallest absolute Gasteiger partial charge is 0.0717 e. The minimum absolute atomic E-state index is 0.601. The number of benzene rings is 1. The van der Waals surface area contributed by atoms with E-state index in [-0.39, 0.29) is 0 Å². The Labute approximate surface area is 112 Å². The molecule has 0 atom stereocenters. The molecule has 0 amide bonds. The molecule has 2 nitrogen and oxygen atoms in total. The molecule has 0 aliphatic rings. The number of rotatable bonds is 8. The van der Waals surface area contributed by atoms with Crippen LogP contribution in [0.25, 0.3) is 0 Å². The summed E-state index contributed by atoms with van der Waals surface area (Å²) in [5.41, 5.74) is 2.59. The molecule has 102 valence electrons. The van der Waals surface area contributed by atoms with Gasteiger partial charge >= 0.3 is 0 Å². The maximum atomic E-state index is 5.62. The Morgan fingerprint density at radius 1 is 0.944 bits per heavy atom. The Hall–Kier alpha value is -0.860. The van der Waals surface area contributed by atoms with Gasteiger partial charge in [-0.15, -0.1) is 0 Å². The number of hydrogen-bond acceptors (Lipinski definition) is 2. The van der Waals surface area contributed by atoms with Crippen molar-refractivity contribution in [2.45, 2.75) is 40.8 Å². The lowest BCUT2D eigenvalue weighted by atomic mass is 10.1. The monoisotopic (exact) mass is 249 g/mol. The van der Waals surface area contributed by atoms with Gasteiger partial charge in [-0.2, -0.15) is 0 Å². The summed E-state index contributed by atoms with van der Waals surface area (Å²) in [6, 6.07) is 8.68. The summed E-state index contributed by atoms with van der Waals surface area (Å²) in [5, 5.41) is 3.45. The molecule has 1 rings (SSSR count). The van der Waals surface area contributed by atoms with E-state index in [0.717, 1.165) is 26.3 Å². The highest BCUT2D eigenvalue weighted by Crippen LogP contribution is 2.07. The first-order valence-electron chi connectivity index (χ1n) is 6.94. The van der Waals surface area contributed by atoms with Crippen molar-refractivity contribution in [1.82, 2.24) is 5.32 Å². The largest absolute Gasteiger partial charge is 0.377 e. The topological polar surface area (TPSA) is 21.3 Å². The fourth-order valence-corrected chi connectivity index (χ4v) is 1.67. The van der Waals surface area contributed by atoms with Gasteiger partial charge in [0, 0.05) is 13.2 Å². The molecule has 0 aliphatic carbocycles. The predicted octanol–water partition coefficient (Wildman–Crippen LogP) is 3.60. The zero-order valence-corrected chi connectivity index (χ0v) is 12.2. The molecular weight excluding hydrogens is 222 g/mol. The van der Waals surface area contributed by atoms with Crippen molar-refractivity contribution in [3.63, 3.8) is 0 Å². The van der Waals surface area contributed by atoms with E-state index in [1.165, 1.54) is 11.1 Å². The van der Waals surface area contributed by atoms with E-state index in [4.69, 9.17) is 4.74 Å². The molecule has 0 bridgehead atoms. The quantitative estimate of drug-likeness (QED) is 0.760. The summed E-state index contributed by atoms with van der Waals surface area (Å²) in [5.74, 6) is 1.30. The van der Waals surface area contributed by atoms with Crippen LogP contribution in [0.1, 0.15) is 38.8 Å². The molecule has 0 saturated carbocycles. The second-order valence-electron chi connectivity index (χ2n) is 5.75. The molecule has 0 spiro atoms. The summed E-state index contributed by atoms with van der Waals surface area (Å²) in [6.45, 7) is 12.4. The first kappa shape index (κ1) is 15.2. The summed E-state index contributed by atoms with van der Waals surface area (Å²) in [7, 11) is 0. The molecule has 0 radical (unpaired) electrons. The lowest BCUT2D eigenvalue weighted by Crippen LogP contribution is -2.18. The summed E-state index contributed by atoms with van der Waals surface area (Å²) >= 11 is 0. The molecule has 0 unspecified atom stereocenters. The van der Waals surface area contributed by atoms with Gasteiger partial charge < -0.3 is 10.1 Å². The minimum Gasteiger partial charge on any atom is -0.377 e. The number of nitrogens with one attached hydrogen (secondary N) is 1. The van der Waals surface area contributed by atoms with E-state index in [2.05, 4.69) is 57.3 Å². The Balaban J connectivity index is 2.28. The third-order valence-electron chi connectivity index (χ3n) is 2.62. The standard InChI is InChI=1S/C16H27NO/c1-13(2)9-17-10-15-5-7-16(8-6-15)12-18-11-14(3)4/h5-8,13-14,17H,9-12H2,1-4H3.